The summed E-state index contributed by atoms with van der Waals surface area (Å²) in [5, 5.41) is 0. The third-order valence-electron chi connectivity index (χ3n) is 0.857. The molecule has 6 heteroatoms. The van der Waals surface area contributed by atoms with Crippen LogP contribution in [-0.4, -0.2) is 31.4 Å². The van der Waals surface area contributed by atoms with E-state index < -0.39 is 12.1 Å². The molecule has 0 aliphatic carbocycles. The third-order valence-corrected chi connectivity index (χ3v) is 0.857. The van der Waals surface area contributed by atoms with Crippen molar-refractivity contribution in [2.24, 2.45) is 4.99 Å². The van der Waals surface area contributed by atoms with E-state index in [0.29, 0.717) is 0 Å². The van der Waals surface area contributed by atoms with Gasteiger partial charge in [0, 0.05) is 6.08 Å². The van der Waals surface area contributed by atoms with Crippen LogP contribution in [0.3, 0.4) is 0 Å². The van der Waals surface area contributed by atoms with Gasteiger partial charge >= 0.3 is 12.1 Å². The number of nitrogens with zero attached hydrogens (tertiary/aromatic N) is 1. The smallest absolute Gasteiger partial charge is 0.444 e. The molecule has 0 spiro atoms. The lowest BCUT2D eigenvalue weighted by Crippen LogP contribution is -2.10. The van der Waals surface area contributed by atoms with Gasteiger partial charge in [0.25, 0.3) is 0 Å². The Morgan fingerprint density at radius 2 is 2.00 bits per heavy atom. The van der Waals surface area contributed by atoms with E-state index in [0.717, 1.165) is 12.2 Å². The summed E-state index contributed by atoms with van der Waals surface area (Å²) in [6.07, 6.45) is 0.917. The molecule has 0 atom stereocenters. The van der Waals surface area contributed by atoms with Crippen LogP contribution in [0.2, 0.25) is 0 Å². The minimum Gasteiger partial charge on any atom is -0.459 e. The number of carbonyl (C=O) groups is 2. The normalized spacial score (nSPS) is 8.00. The van der Waals surface area contributed by atoms with E-state index in [2.05, 4.69) is 21.0 Å². The number of hydrogen-bond acceptors (Lipinski definition) is 5. The van der Waals surface area contributed by atoms with Gasteiger partial charge < -0.3 is 9.47 Å². The number of carbonyl (C=O) groups excluding carboxylic acids is 3. The summed E-state index contributed by atoms with van der Waals surface area (Å²) in [5.74, 6) is -0.616. The molecule has 0 aliphatic heterocycles. The molecule has 0 aliphatic rings. The molecule has 0 aromatic carbocycles. The molecule has 13 heavy (non-hydrogen) atoms. The maximum absolute atomic E-state index is 10.4. The first-order valence-corrected chi connectivity index (χ1v) is 3.24. The van der Waals surface area contributed by atoms with Crippen molar-refractivity contribution in [3.8, 4) is 0 Å². The van der Waals surface area contributed by atoms with Crippen molar-refractivity contribution in [3.63, 3.8) is 0 Å². The largest absolute Gasteiger partial charge is 0.459 e. The van der Waals surface area contributed by atoms with Crippen LogP contribution >= 0.6 is 0 Å². The highest BCUT2D eigenvalue weighted by molar-refractivity contribution is 5.81. The lowest BCUT2D eigenvalue weighted by atomic mass is 10.6. The van der Waals surface area contributed by atoms with Crippen molar-refractivity contribution in [3.05, 3.63) is 12.7 Å². The van der Waals surface area contributed by atoms with E-state index in [1.807, 2.05) is 0 Å². The Labute approximate surface area is 73.8 Å². The van der Waals surface area contributed by atoms with E-state index >= 15 is 0 Å². The summed E-state index contributed by atoms with van der Waals surface area (Å²) < 4.78 is 8.74. The molecule has 0 aromatic heterocycles. The summed E-state index contributed by atoms with van der Waals surface area (Å²) in [7, 11) is 0. The second-order valence-electron chi connectivity index (χ2n) is 1.69. The van der Waals surface area contributed by atoms with E-state index in [-0.39, 0.29) is 13.2 Å². The maximum Gasteiger partial charge on any atom is 0.444 e. The van der Waals surface area contributed by atoms with E-state index in [1.165, 1.54) is 0 Å². The SMILES string of the molecule is C=CC(=O)OCCOC(=O)N=C=O. The average Bonchev–Trinajstić information content (AvgIpc) is 2.12. The van der Waals surface area contributed by atoms with Gasteiger partial charge in [0.1, 0.15) is 13.2 Å². The molecule has 0 saturated carbocycles. The van der Waals surface area contributed by atoms with E-state index in [4.69, 9.17) is 0 Å². The molecule has 70 valence electrons. The monoisotopic (exact) mass is 185 g/mol. The summed E-state index contributed by atoms with van der Waals surface area (Å²) in [6, 6.07) is 0. The van der Waals surface area contributed by atoms with Gasteiger partial charge in [0.15, 0.2) is 0 Å². The molecule has 0 rings (SSSR count). The molecule has 0 N–H and O–H groups in total. The fourth-order valence-corrected chi connectivity index (χ4v) is 0.400. The van der Waals surface area contributed by atoms with Gasteiger partial charge in [-0.15, -0.1) is 0 Å². The van der Waals surface area contributed by atoms with Gasteiger partial charge in [-0.3, -0.25) is 0 Å². The Bertz CT molecular complexity index is 254. The van der Waals surface area contributed by atoms with Crippen LogP contribution in [0.15, 0.2) is 17.6 Å². The zero-order valence-electron chi connectivity index (χ0n) is 6.69. The molecule has 0 saturated heterocycles. The Hall–Kier alpha value is -1.94. The molecular formula is C7H7NO5. The van der Waals surface area contributed by atoms with Crippen LogP contribution in [0.25, 0.3) is 0 Å². The summed E-state index contributed by atoms with van der Waals surface area (Å²) >= 11 is 0. The Morgan fingerprint density at radius 3 is 2.54 bits per heavy atom. The van der Waals surface area contributed by atoms with Crippen molar-refractivity contribution in [2.45, 2.75) is 0 Å². The second-order valence-corrected chi connectivity index (χ2v) is 1.69. The molecule has 6 nitrogen and oxygen atoms in total. The number of hydrogen-bond donors (Lipinski definition) is 0. The van der Waals surface area contributed by atoms with Gasteiger partial charge in [-0.25, -0.2) is 14.4 Å². The molecule has 0 fully saturated rings. The zero-order chi connectivity index (χ0) is 10.1. The Kier molecular flexibility index (Phi) is 5.74. The van der Waals surface area contributed by atoms with Crippen LogP contribution < -0.4 is 0 Å². The molecule has 0 heterocycles. The minimum absolute atomic E-state index is 0.106. The van der Waals surface area contributed by atoms with E-state index in [1.54, 1.807) is 0 Å². The predicted octanol–water partition coefficient (Wildman–Crippen LogP) is 0.188. The van der Waals surface area contributed by atoms with Crippen molar-refractivity contribution in [2.75, 3.05) is 13.2 Å². The summed E-state index contributed by atoms with van der Waals surface area (Å²) in [4.78, 5) is 32.9. The summed E-state index contributed by atoms with van der Waals surface area (Å²) in [5.41, 5.74) is 0. The minimum atomic E-state index is -1.07. The van der Waals surface area contributed by atoms with Crippen molar-refractivity contribution >= 4 is 18.1 Å². The lowest BCUT2D eigenvalue weighted by molar-refractivity contribution is -0.138. The van der Waals surface area contributed by atoms with E-state index in [9.17, 15) is 14.4 Å². The van der Waals surface area contributed by atoms with Crippen molar-refractivity contribution in [1.82, 2.24) is 0 Å². The molecule has 0 aromatic rings. The predicted molar refractivity (Wildman–Crippen MR) is 40.6 cm³/mol. The first-order chi connectivity index (χ1) is 6.20. The van der Waals surface area contributed by atoms with Crippen LogP contribution in [0.4, 0.5) is 4.79 Å². The second kappa shape index (κ2) is 6.75. The first kappa shape index (κ1) is 11.1. The molecular weight excluding hydrogens is 178 g/mol. The van der Waals surface area contributed by atoms with Crippen LogP contribution in [-0.2, 0) is 19.1 Å². The fraction of sp³-hybridized carbons (Fsp3) is 0.286. The topological polar surface area (TPSA) is 82.0 Å². The summed E-state index contributed by atoms with van der Waals surface area (Å²) in [6.45, 7) is 2.88. The highest BCUT2D eigenvalue weighted by Crippen LogP contribution is 1.84. The zero-order valence-corrected chi connectivity index (χ0v) is 6.69. The molecule has 1 amide bonds. The van der Waals surface area contributed by atoms with Gasteiger partial charge in [0.2, 0.25) is 6.08 Å². The molecule has 0 bridgehead atoms. The van der Waals surface area contributed by atoms with Crippen molar-refractivity contribution < 1.29 is 23.9 Å². The quantitative estimate of drug-likeness (QED) is 0.205. The number of aliphatic imine (C=N–C) groups is 1. The lowest BCUT2D eigenvalue weighted by Gasteiger charge is -2.00. The van der Waals surface area contributed by atoms with Gasteiger partial charge in [0.05, 0.1) is 0 Å². The van der Waals surface area contributed by atoms with Gasteiger partial charge in [-0.1, -0.05) is 11.6 Å². The number of amides is 1. The number of ether oxygens (including phenoxy) is 2. The molecule has 0 radical (unpaired) electrons. The highest BCUT2D eigenvalue weighted by atomic mass is 16.6. The van der Waals surface area contributed by atoms with Gasteiger partial charge in [-0.05, 0) is 0 Å². The Balaban J connectivity index is 3.46. The van der Waals surface area contributed by atoms with Crippen LogP contribution in [0.1, 0.15) is 0 Å². The standard InChI is InChI=1S/C7H7NO5/c1-2-6(10)12-3-4-13-7(11)8-5-9/h2H,1,3-4H2. The molecule has 0 unspecified atom stereocenters. The van der Waals surface area contributed by atoms with Crippen LogP contribution in [0.5, 0.6) is 0 Å². The third kappa shape index (κ3) is 6.46. The number of isocyanates is 1. The Morgan fingerprint density at radius 1 is 1.38 bits per heavy atom. The average molecular weight is 185 g/mol. The van der Waals surface area contributed by atoms with Crippen molar-refractivity contribution in [1.29, 1.82) is 0 Å². The maximum atomic E-state index is 10.4. The number of esters is 1. The van der Waals surface area contributed by atoms with Crippen LogP contribution in [0, 0.1) is 0 Å². The highest BCUT2D eigenvalue weighted by Gasteiger charge is 1.99. The first-order valence-electron chi connectivity index (χ1n) is 3.24. The van der Waals surface area contributed by atoms with Gasteiger partial charge in [-0.2, -0.15) is 0 Å². The number of rotatable bonds is 4. The fourth-order valence-electron chi connectivity index (χ4n) is 0.400.